The number of amides is 1. The molecule has 4 heteroatoms. The Hall–Kier alpha value is -1.65. The number of likely N-dealkylation sites (N-methyl/N-ethyl adjacent to an activating group) is 1. The van der Waals surface area contributed by atoms with Crippen molar-refractivity contribution < 1.29 is 9.53 Å². The lowest BCUT2D eigenvalue weighted by Crippen LogP contribution is -2.34. The topological polar surface area (TPSA) is 41.6 Å². The first-order chi connectivity index (χ1) is 9.74. The highest BCUT2D eigenvalue weighted by Gasteiger charge is 2.09. The highest BCUT2D eigenvalue weighted by Crippen LogP contribution is 2.06. The van der Waals surface area contributed by atoms with E-state index >= 15 is 0 Å². The van der Waals surface area contributed by atoms with Gasteiger partial charge in [-0.1, -0.05) is 36.4 Å². The van der Waals surface area contributed by atoms with Gasteiger partial charge in [-0.2, -0.15) is 0 Å². The smallest absolute Gasteiger partial charge is 0.246 e. The highest BCUT2D eigenvalue weighted by molar-refractivity contribution is 5.77. The summed E-state index contributed by atoms with van der Waals surface area (Å²) in [4.78, 5) is 13.9. The summed E-state index contributed by atoms with van der Waals surface area (Å²) < 4.78 is 5.40. The van der Waals surface area contributed by atoms with Gasteiger partial charge in [0.15, 0.2) is 0 Å². The van der Waals surface area contributed by atoms with Crippen LogP contribution >= 0.6 is 0 Å². The molecule has 1 N–H and O–H groups in total. The van der Waals surface area contributed by atoms with Crippen molar-refractivity contribution in [3.8, 4) is 0 Å². The summed E-state index contributed by atoms with van der Waals surface area (Å²) in [6.45, 7) is 3.23. The van der Waals surface area contributed by atoms with Crippen LogP contribution in [0.3, 0.4) is 0 Å². The second-order valence-corrected chi connectivity index (χ2v) is 5.14. The van der Waals surface area contributed by atoms with Crippen LogP contribution in [0, 0.1) is 0 Å². The van der Waals surface area contributed by atoms with Gasteiger partial charge >= 0.3 is 0 Å². The molecule has 0 radical (unpaired) electrons. The molecule has 0 saturated heterocycles. The van der Waals surface area contributed by atoms with E-state index in [1.807, 2.05) is 30.3 Å². The van der Waals surface area contributed by atoms with E-state index in [1.54, 1.807) is 0 Å². The van der Waals surface area contributed by atoms with Crippen LogP contribution in [-0.2, 0) is 16.1 Å². The molecule has 1 amide bonds. The fourth-order valence-corrected chi connectivity index (χ4v) is 2.21. The molecule has 0 saturated carbocycles. The van der Waals surface area contributed by atoms with Gasteiger partial charge in [-0.05, 0) is 24.6 Å². The standard InChI is InChI=1S/C16H22N2O2/c1-18-9-5-8-15(11-18)10-17-16(19)13-20-12-14-6-3-2-4-7-14/h2-4,6-8H,5,9-13H2,1H3,(H,17,19). The number of benzene rings is 1. The third-order valence-corrected chi connectivity index (χ3v) is 3.27. The summed E-state index contributed by atoms with van der Waals surface area (Å²) in [5.41, 5.74) is 2.35. The van der Waals surface area contributed by atoms with Crippen molar-refractivity contribution in [2.75, 3.05) is 33.3 Å². The second kappa shape index (κ2) is 7.82. The van der Waals surface area contributed by atoms with Crippen LogP contribution in [0.15, 0.2) is 42.0 Å². The number of carbonyl (C=O) groups excluding carboxylic acids is 1. The number of nitrogens with zero attached hydrogens (tertiary/aromatic N) is 1. The Morgan fingerprint density at radius 1 is 1.35 bits per heavy atom. The van der Waals surface area contributed by atoms with E-state index in [0.29, 0.717) is 13.2 Å². The first-order valence-corrected chi connectivity index (χ1v) is 6.99. The van der Waals surface area contributed by atoms with Crippen molar-refractivity contribution >= 4 is 5.91 Å². The molecule has 0 spiro atoms. The molecular weight excluding hydrogens is 252 g/mol. The van der Waals surface area contributed by atoms with Gasteiger partial charge in [0.25, 0.3) is 0 Å². The second-order valence-electron chi connectivity index (χ2n) is 5.14. The summed E-state index contributed by atoms with van der Waals surface area (Å²) in [5.74, 6) is -0.0601. The maximum Gasteiger partial charge on any atom is 0.246 e. The molecule has 1 aromatic rings. The van der Waals surface area contributed by atoms with Gasteiger partial charge in [0.05, 0.1) is 6.61 Å². The minimum absolute atomic E-state index is 0.0601. The molecule has 108 valence electrons. The summed E-state index contributed by atoms with van der Waals surface area (Å²) in [6, 6.07) is 9.86. The molecule has 0 aliphatic carbocycles. The zero-order valence-electron chi connectivity index (χ0n) is 12.0. The molecule has 2 rings (SSSR count). The Labute approximate surface area is 120 Å². The molecule has 0 aromatic heterocycles. The average molecular weight is 274 g/mol. The van der Waals surface area contributed by atoms with Crippen LogP contribution in [0.4, 0.5) is 0 Å². The lowest BCUT2D eigenvalue weighted by molar-refractivity contribution is -0.125. The van der Waals surface area contributed by atoms with E-state index in [9.17, 15) is 4.79 Å². The highest BCUT2D eigenvalue weighted by atomic mass is 16.5. The fraction of sp³-hybridized carbons (Fsp3) is 0.438. The predicted octanol–water partition coefficient (Wildman–Crippen LogP) is 1.58. The van der Waals surface area contributed by atoms with Gasteiger partial charge in [-0.15, -0.1) is 0 Å². The largest absolute Gasteiger partial charge is 0.367 e. The lowest BCUT2D eigenvalue weighted by atomic mass is 10.1. The Morgan fingerprint density at radius 3 is 2.90 bits per heavy atom. The van der Waals surface area contributed by atoms with Gasteiger partial charge in [0.2, 0.25) is 5.91 Å². The molecule has 20 heavy (non-hydrogen) atoms. The van der Waals surface area contributed by atoms with Crippen molar-refractivity contribution in [3.05, 3.63) is 47.5 Å². The van der Waals surface area contributed by atoms with E-state index in [-0.39, 0.29) is 12.5 Å². The summed E-state index contributed by atoms with van der Waals surface area (Å²) >= 11 is 0. The van der Waals surface area contributed by atoms with Crippen molar-refractivity contribution in [3.63, 3.8) is 0 Å². The maximum atomic E-state index is 11.7. The average Bonchev–Trinajstić information content (AvgIpc) is 2.46. The molecule has 0 atom stereocenters. The fourth-order valence-electron chi connectivity index (χ4n) is 2.21. The quantitative estimate of drug-likeness (QED) is 0.801. The minimum Gasteiger partial charge on any atom is -0.367 e. The van der Waals surface area contributed by atoms with E-state index in [0.717, 1.165) is 25.1 Å². The summed E-state index contributed by atoms with van der Waals surface area (Å²) in [5, 5.41) is 2.90. The Bertz CT molecular complexity index is 457. The number of nitrogens with one attached hydrogen (secondary N) is 1. The van der Waals surface area contributed by atoms with Gasteiger partial charge in [-0.25, -0.2) is 0 Å². The number of hydrogen-bond donors (Lipinski definition) is 1. The third kappa shape index (κ3) is 5.15. The molecule has 0 unspecified atom stereocenters. The van der Waals surface area contributed by atoms with E-state index < -0.39 is 0 Å². The molecule has 0 fully saturated rings. The molecule has 1 heterocycles. The normalized spacial score (nSPS) is 15.8. The van der Waals surface area contributed by atoms with Crippen molar-refractivity contribution in [2.45, 2.75) is 13.0 Å². The zero-order chi connectivity index (χ0) is 14.2. The molecular formula is C16H22N2O2. The van der Waals surface area contributed by atoms with Crippen molar-refractivity contribution in [1.82, 2.24) is 10.2 Å². The predicted molar refractivity (Wildman–Crippen MR) is 79.3 cm³/mol. The van der Waals surface area contributed by atoms with Crippen molar-refractivity contribution in [1.29, 1.82) is 0 Å². The Balaban J connectivity index is 1.62. The number of carbonyl (C=O) groups is 1. The van der Waals surface area contributed by atoms with Crippen molar-refractivity contribution in [2.24, 2.45) is 0 Å². The van der Waals surface area contributed by atoms with E-state index in [4.69, 9.17) is 4.74 Å². The van der Waals surface area contributed by atoms with E-state index in [1.165, 1.54) is 5.57 Å². The molecule has 1 aliphatic heterocycles. The van der Waals surface area contributed by atoms with Crippen LogP contribution in [0.1, 0.15) is 12.0 Å². The maximum absolute atomic E-state index is 11.7. The number of hydrogen-bond acceptors (Lipinski definition) is 3. The van der Waals surface area contributed by atoms with Crippen LogP contribution in [0.25, 0.3) is 0 Å². The van der Waals surface area contributed by atoms with Gasteiger partial charge in [0.1, 0.15) is 6.61 Å². The first-order valence-electron chi connectivity index (χ1n) is 6.99. The Morgan fingerprint density at radius 2 is 2.15 bits per heavy atom. The number of rotatable bonds is 6. The van der Waals surface area contributed by atoms with E-state index in [2.05, 4.69) is 23.3 Å². The van der Waals surface area contributed by atoms with Crippen LogP contribution in [-0.4, -0.2) is 44.1 Å². The monoisotopic (exact) mass is 274 g/mol. The summed E-state index contributed by atoms with van der Waals surface area (Å²) in [7, 11) is 2.10. The molecule has 4 nitrogen and oxygen atoms in total. The molecule has 0 bridgehead atoms. The molecule has 1 aliphatic rings. The van der Waals surface area contributed by atoms with Crippen LogP contribution in [0.2, 0.25) is 0 Å². The van der Waals surface area contributed by atoms with Gasteiger partial charge in [0, 0.05) is 19.6 Å². The minimum atomic E-state index is -0.0601. The summed E-state index contributed by atoms with van der Waals surface area (Å²) in [6.07, 6.45) is 3.28. The molecule has 1 aromatic carbocycles. The number of ether oxygens (including phenoxy) is 1. The third-order valence-electron chi connectivity index (χ3n) is 3.27. The SMILES string of the molecule is CN1CCC=C(CNC(=O)COCc2ccccc2)C1. The Kier molecular flexibility index (Phi) is 5.77. The zero-order valence-corrected chi connectivity index (χ0v) is 12.0. The first kappa shape index (κ1) is 14.8. The van der Waals surface area contributed by atoms with Gasteiger partial charge in [-0.3, -0.25) is 4.79 Å². The lowest BCUT2D eigenvalue weighted by Gasteiger charge is -2.23. The van der Waals surface area contributed by atoms with Crippen LogP contribution < -0.4 is 5.32 Å². The van der Waals surface area contributed by atoms with Crippen LogP contribution in [0.5, 0.6) is 0 Å². The van der Waals surface area contributed by atoms with Gasteiger partial charge < -0.3 is 15.0 Å².